The minimum Gasteiger partial charge on any atom is -0.443 e. The van der Waals surface area contributed by atoms with E-state index >= 15 is 0 Å². The van der Waals surface area contributed by atoms with Crippen molar-refractivity contribution in [2.24, 2.45) is 0 Å². The van der Waals surface area contributed by atoms with Gasteiger partial charge in [-0.15, -0.1) is 0 Å². The van der Waals surface area contributed by atoms with Crippen LogP contribution in [0.15, 0.2) is 42.7 Å². The fourth-order valence-electron chi connectivity index (χ4n) is 2.97. The highest BCUT2D eigenvalue weighted by Gasteiger charge is 2.33. The fourth-order valence-corrected chi connectivity index (χ4v) is 2.97. The Morgan fingerprint density at radius 1 is 1.22 bits per heavy atom. The lowest BCUT2D eigenvalue weighted by Crippen LogP contribution is -2.44. The molecule has 2 aromatic rings. The molecule has 0 radical (unpaired) electrons. The molecule has 1 atom stereocenters. The first kappa shape index (κ1) is 20.7. The minimum atomic E-state index is -0.605. The van der Waals surface area contributed by atoms with Gasteiger partial charge in [-0.2, -0.15) is 5.10 Å². The van der Waals surface area contributed by atoms with Crippen molar-refractivity contribution >= 4 is 12.0 Å². The monoisotopic (exact) mass is 371 g/mol. The zero-order chi connectivity index (χ0) is 20.0. The van der Waals surface area contributed by atoms with Gasteiger partial charge in [-0.25, -0.2) is 14.4 Å². The van der Waals surface area contributed by atoms with Crippen LogP contribution in [-0.2, 0) is 9.53 Å². The van der Waals surface area contributed by atoms with Crippen molar-refractivity contribution in [1.82, 2.24) is 14.7 Å². The predicted octanol–water partition coefficient (Wildman–Crippen LogP) is 4.54. The molecule has 0 aliphatic carbocycles. The van der Waals surface area contributed by atoms with Gasteiger partial charge in [-0.05, 0) is 56.9 Å². The number of likely N-dealkylation sites (tertiary alicyclic amines) is 1. The maximum Gasteiger partial charge on any atom is 0.417 e. The summed E-state index contributed by atoms with van der Waals surface area (Å²) in [5, 5.41) is 4.24. The molecule has 146 valence electrons. The van der Waals surface area contributed by atoms with Crippen LogP contribution in [0.2, 0.25) is 0 Å². The molecule has 0 bridgehead atoms. The summed E-state index contributed by atoms with van der Waals surface area (Å²) in [6.45, 7) is 9.76. The summed E-state index contributed by atoms with van der Waals surface area (Å²) >= 11 is 0. The molecule has 1 saturated heterocycles. The maximum absolute atomic E-state index is 12.4. The highest BCUT2D eigenvalue weighted by molar-refractivity contribution is 5.93. The van der Waals surface area contributed by atoms with Crippen LogP contribution >= 0.6 is 0 Å². The van der Waals surface area contributed by atoms with Gasteiger partial charge in [0, 0.05) is 25.4 Å². The number of amides is 2. The third-order valence-corrected chi connectivity index (χ3v) is 4.15. The Balaban J connectivity index is 0.00000126. The topological polar surface area (TPSA) is 64.4 Å². The summed E-state index contributed by atoms with van der Waals surface area (Å²) in [6.07, 6.45) is 4.10. The molecule has 0 unspecified atom stereocenters. The largest absolute Gasteiger partial charge is 0.443 e. The first-order valence-electron chi connectivity index (χ1n) is 9.47. The molecule has 27 heavy (non-hydrogen) atoms. The first-order valence-corrected chi connectivity index (χ1v) is 9.47. The second-order valence-corrected chi connectivity index (χ2v) is 7.26. The van der Waals surface area contributed by atoms with Crippen LogP contribution in [0.25, 0.3) is 5.69 Å². The van der Waals surface area contributed by atoms with Crippen LogP contribution in [0.4, 0.5) is 4.79 Å². The van der Waals surface area contributed by atoms with Gasteiger partial charge in [-0.1, -0.05) is 26.0 Å². The molecular weight excluding hydrogens is 342 g/mol. The molecule has 3 rings (SSSR count). The highest BCUT2D eigenvalue weighted by atomic mass is 16.6. The Bertz CT molecular complexity index is 763. The fraction of sp³-hybridized carbons (Fsp3) is 0.476. The molecule has 2 amide bonds. The summed E-state index contributed by atoms with van der Waals surface area (Å²) in [5.74, 6) is -0.0864. The molecule has 6 nitrogen and oxygen atoms in total. The van der Waals surface area contributed by atoms with Crippen molar-refractivity contribution in [3.05, 3.63) is 48.3 Å². The van der Waals surface area contributed by atoms with Crippen molar-refractivity contribution in [2.75, 3.05) is 6.54 Å². The summed E-state index contributed by atoms with van der Waals surface area (Å²) < 4.78 is 7.10. The SMILES string of the molecule is CC.CC(C)(C)OC(=O)N1CC[C@@H](c2cccc(-n3cccn3)c2)CC1=O. The van der Waals surface area contributed by atoms with Crippen LogP contribution in [0.1, 0.15) is 58.9 Å². The third-order valence-electron chi connectivity index (χ3n) is 4.15. The van der Waals surface area contributed by atoms with Crippen LogP contribution < -0.4 is 0 Å². The molecule has 0 spiro atoms. The van der Waals surface area contributed by atoms with Crippen LogP contribution in [0, 0.1) is 0 Å². The lowest BCUT2D eigenvalue weighted by Gasteiger charge is -2.32. The van der Waals surface area contributed by atoms with E-state index in [9.17, 15) is 9.59 Å². The molecule has 0 N–H and O–H groups in total. The van der Waals surface area contributed by atoms with Gasteiger partial charge in [0.1, 0.15) is 5.60 Å². The quantitative estimate of drug-likeness (QED) is 0.777. The van der Waals surface area contributed by atoms with Crippen LogP contribution in [-0.4, -0.2) is 38.8 Å². The zero-order valence-corrected chi connectivity index (χ0v) is 16.8. The van der Waals surface area contributed by atoms with Gasteiger partial charge in [0.15, 0.2) is 0 Å². The van der Waals surface area contributed by atoms with Crippen molar-refractivity contribution < 1.29 is 14.3 Å². The van der Waals surface area contributed by atoms with Crippen molar-refractivity contribution in [3.63, 3.8) is 0 Å². The summed E-state index contributed by atoms with van der Waals surface area (Å²) in [6, 6.07) is 9.89. The normalized spacial score (nSPS) is 17.1. The number of carbonyl (C=O) groups is 2. The number of piperidine rings is 1. The van der Waals surface area contributed by atoms with Crippen LogP contribution in [0.3, 0.4) is 0 Å². The van der Waals surface area contributed by atoms with E-state index in [4.69, 9.17) is 4.74 Å². The Morgan fingerprint density at radius 3 is 2.56 bits per heavy atom. The Hall–Kier alpha value is -2.63. The minimum absolute atomic E-state index is 0.0988. The second-order valence-electron chi connectivity index (χ2n) is 7.26. The average molecular weight is 371 g/mol. The van der Waals surface area contributed by atoms with Gasteiger partial charge in [0.05, 0.1) is 5.69 Å². The number of benzene rings is 1. The van der Waals surface area contributed by atoms with Crippen LogP contribution in [0.5, 0.6) is 0 Å². The van der Waals surface area contributed by atoms with E-state index in [-0.39, 0.29) is 11.8 Å². The average Bonchev–Trinajstić information content (AvgIpc) is 3.16. The number of rotatable bonds is 2. The second kappa shape index (κ2) is 8.84. The molecule has 1 aliphatic rings. The van der Waals surface area contributed by atoms with E-state index in [1.165, 1.54) is 4.90 Å². The maximum atomic E-state index is 12.4. The lowest BCUT2D eigenvalue weighted by molar-refractivity contribution is -0.132. The highest BCUT2D eigenvalue weighted by Crippen LogP contribution is 2.30. The molecule has 1 fully saturated rings. The number of hydrogen-bond acceptors (Lipinski definition) is 4. The lowest BCUT2D eigenvalue weighted by atomic mass is 9.89. The number of aromatic nitrogens is 2. The van der Waals surface area contributed by atoms with E-state index in [1.54, 1.807) is 31.6 Å². The number of carbonyl (C=O) groups excluding carboxylic acids is 2. The first-order chi connectivity index (χ1) is 12.8. The third kappa shape index (κ3) is 5.42. The molecular formula is C21H29N3O3. The van der Waals surface area contributed by atoms with Gasteiger partial charge < -0.3 is 4.74 Å². The van der Waals surface area contributed by atoms with E-state index in [2.05, 4.69) is 5.10 Å². The zero-order valence-electron chi connectivity index (χ0n) is 16.8. The Labute approximate surface area is 161 Å². The molecule has 0 saturated carbocycles. The van der Waals surface area contributed by atoms with Gasteiger partial charge in [-0.3, -0.25) is 4.79 Å². The summed E-state index contributed by atoms with van der Waals surface area (Å²) in [5.41, 5.74) is 1.45. The van der Waals surface area contributed by atoms with E-state index in [1.807, 2.05) is 50.4 Å². The predicted molar refractivity (Wildman–Crippen MR) is 105 cm³/mol. The van der Waals surface area contributed by atoms with Crippen molar-refractivity contribution in [2.45, 2.75) is 59.0 Å². The molecule has 1 aliphatic heterocycles. The number of imide groups is 1. The number of hydrogen-bond donors (Lipinski definition) is 0. The number of ether oxygens (including phenoxy) is 1. The van der Waals surface area contributed by atoms with Gasteiger partial charge in [0.2, 0.25) is 5.91 Å². The summed E-state index contributed by atoms with van der Waals surface area (Å²) in [4.78, 5) is 25.8. The standard InChI is InChI=1S/C19H23N3O3.C2H6/c1-19(2,3)25-18(24)21-11-8-15(13-17(21)23)14-6-4-7-16(12-14)22-10-5-9-20-22;1-2/h4-7,9-10,12,15H,8,11,13H2,1-3H3;1-2H3/t15-;/m1./s1. The van der Waals surface area contributed by atoms with E-state index in [0.717, 1.165) is 17.7 Å². The molecule has 1 aromatic carbocycles. The van der Waals surface area contributed by atoms with Gasteiger partial charge >= 0.3 is 6.09 Å². The van der Waals surface area contributed by atoms with Crippen molar-refractivity contribution in [1.29, 1.82) is 0 Å². The smallest absolute Gasteiger partial charge is 0.417 e. The van der Waals surface area contributed by atoms with E-state index in [0.29, 0.717) is 13.0 Å². The molecule has 6 heteroatoms. The van der Waals surface area contributed by atoms with Crippen molar-refractivity contribution in [3.8, 4) is 5.69 Å². The number of nitrogens with zero attached hydrogens (tertiary/aromatic N) is 3. The molecule has 2 heterocycles. The summed E-state index contributed by atoms with van der Waals surface area (Å²) in [7, 11) is 0. The van der Waals surface area contributed by atoms with Gasteiger partial charge in [0.25, 0.3) is 0 Å². The van der Waals surface area contributed by atoms with E-state index < -0.39 is 11.7 Å². The Kier molecular flexibility index (Phi) is 6.77. The molecule has 1 aromatic heterocycles. The Morgan fingerprint density at radius 2 is 1.96 bits per heavy atom.